The molecule has 0 rings (SSSR count). The number of esters is 2. The Bertz CT molecular complexity index is 997. The van der Waals surface area contributed by atoms with Crippen LogP contribution >= 0.6 is 0 Å². The highest BCUT2D eigenvalue weighted by Crippen LogP contribution is 2.15. The molecule has 0 aromatic heterocycles. The SMILES string of the molecule is CCCCC/C=C\C/C=C\C/C=C\C/C=C\CCCC(=O)OC[C@@H](COCCCCCCCCCCCCCCCCCC)OC(=O)CCCCCCCCCCCCC. The number of allylic oxidation sites excluding steroid dienone is 8. The molecule has 0 bridgehead atoms. The largest absolute Gasteiger partial charge is 0.462 e. The van der Waals surface area contributed by atoms with Crippen LogP contribution < -0.4 is 0 Å². The number of hydrogen-bond acceptors (Lipinski definition) is 5. The summed E-state index contributed by atoms with van der Waals surface area (Å²) in [6.45, 7) is 7.78. The molecule has 60 heavy (non-hydrogen) atoms. The molecule has 5 nitrogen and oxygen atoms in total. The summed E-state index contributed by atoms with van der Waals surface area (Å²) < 4.78 is 17.4. The molecule has 0 aromatic carbocycles. The first-order valence-electron chi connectivity index (χ1n) is 26.2. The van der Waals surface area contributed by atoms with Gasteiger partial charge >= 0.3 is 11.9 Å². The average molecular weight is 841 g/mol. The summed E-state index contributed by atoms with van der Waals surface area (Å²) >= 11 is 0. The topological polar surface area (TPSA) is 61.8 Å². The minimum Gasteiger partial charge on any atom is -0.462 e. The molecular formula is C55H100O5. The highest BCUT2D eigenvalue weighted by molar-refractivity contribution is 5.70. The second-order valence-electron chi connectivity index (χ2n) is 17.4. The maximum Gasteiger partial charge on any atom is 0.306 e. The normalized spacial score (nSPS) is 12.5. The van der Waals surface area contributed by atoms with Crippen LogP contribution in [-0.2, 0) is 23.8 Å². The smallest absolute Gasteiger partial charge is 0.306 e. The quantitative estimate of drug-likeness (QED) is 0.0347. The fourth-order valence-electron chi connectivity index (χ4n) is 7.44. The van der Waals surface area contributed by atoms with Gasteiger partial charge in [0.1, 0.15) is 6.61 Å². The van der Waals surface area contributed by atoms with E-state index in [0.717, 1.165) is 57.8 Å². The van der Waals surface area contributed by atoms with Gasteiger partial charge in [-0.3, -0.25) is 9.59 Å². The lowest BCUT2D eigenvalue weighted by Gasteiger charge is -2.18. The summed E-state index contributed by atoms with van der Waals surface area (Å²) in [7, 11) is 0. The Balaban J connectivity index is 4.29. The number of ether oxygens (including phenoxy) is 3. The van der Waals surface area contributed by atoms with Crippen molar-refractivity contribution in [1.29, 1.82) is 0 Å². The van der Waals surface area contributed by atoms with E-state index in [2.05, 4.69) is 69.4 Å². The second-order valence-corrected chi connectivity index (χ2v) is 17.4. The van der Waals surface area contributed by atoms with Crippen LogP contribution in [-0.4, -0.2) is 37.9 Å². The molecule has 0 amide bonds. The van der Waals surface area contributed by atoms with Gasteiger partial charge in [0.25, 0.3) is 0 Å². The minimum atomic E-state index is -0.552. The first-order valence-corrected chi connectivity index (χ1v) is 26.2. The molecule has 5 heteroatoms. The lowest BCUT2D eigenvalue weighted by atomic mass is 10.0. The maximum atomic E-state index is 12.8. The minimum absolute atomic E-state index is 0.0616. The van der Waals surface area contributed by atoms with Crippen LogP contribution in [0.15, 0.2) is 48.6 Å². The van der Waals surface area contributed by atoms with Gasteiger partial charge in [0.05, 0.1) is 6.61 Å². The molecule has 0 saturated carbocycles. The van der Waals surface area contributed by atoms with Crippen molar-refractivity contribution in [2.45, 2.75) is 271 Å². The molecule has 0 fully saturated rings. The fourth-order valence-corrected chi connectivity index (χ4v) is 7.44. The Morgan fingerprint density at radius 1 is 0.367 bits per heavy atom. The van der Waals surface area contributed by atoms with Crippen molar-refractivity contribution in [3.63, 3.8) is 0 Å². The van der Waals surface area contributed by atoms with E-state index in [0.29, 0.717) is 19.4 Å². The molecule has 1 atom stereocenters. The zero-order valence-corrected chi connectivity index (χ0v) is 40.2. The van der Waals surface area contributed by atoms with Crippen molar-refractivity contribution in [1.82, 2.24) is 0 Å². The Kier molecular flexibility index (Phi) is 49.4. The Labute approximate surface area is 373 Å². The molecule has 0 N–H and O–H groups in total. The third-order valence-electron chi connectivity index (χ3n) is 11.4. The Morgan fingerprint density at radius 2 is 0.717 bits per heavy atom. The van der Waals surface area contributed by atoms with Crippen LogP contribution in [0, 0.1) is 0 Å². The summed E-state index contributed by atoms with van der Waals surface area (Å²) in [5.74, 6) is -0.450. The van der Waals surface area contributed by atoms with E-state index < -0.39 is 6.10 Å². The molecular weight excluding hydrogens is 741 g/mol. The average Bonchev–Trinajstić information content (AvgIpc) is 3.25. The van der Waals surface area contributed by atoms with Crippen molar-refractivity contribution < 1.29 is 23.8 Å². The standard InChI is InChI=1S/C55H100O5/c1-4-7-10-13-16-19-22-24-26-28-29-31-34-36-39-42-45-48-54(56)59-52-53(60-55(57)49-46-43-40-37-33-21-18-15-12-9-6-3)51-58-50-47-44-41-38-35-32-30-27-25-23-20-17-14-11-8-5-2/h16,19,24,26,29,31,36,39,53H,4-15,17-18,20-23,25,27-28,30,32-35,37-38,40-52H2,1-3H3/b19-16-,26-24-,31-29-,39-36-/t53-/m1/s1. The van der Waals surface area contributed by atoms with Gasteiger partial charge in [0, 0.05) is 19.4 Å². The van der Waals surface area contributed by atoms with E-state index in [9.17, 15) is 9.59 Å². The van der Waals surface area contributed by atoms with Crippen molar-refractivity contribution in [2.75, 3.05) is 19.8 Å². The molecule has 0 heterocycles. The maximum absolute atomic E-state index is 12.8. The van der Waals surface area contributed by atoms with E-state index in [1.807, 2.05) is 0 Å². The van der Waals surface area contributed by atoms with Crippen molar-refractivity contribution >= 4 is 11.9 Å². The number of unbranched alkanes of at least 4 members (excludes halogenated alkanes) is 29. The van der Waals surface area contributed by atoms with Gasteiger partial charge in [0.15, 0.2) is 6.10 Å². The zero-order valence-electron chi connectivity index (χ0n) is 40.2. The summed E-state index contributed by atoms with van der Waals surface area (Å²) in [6.07, 6.45) is 62.7. The van der Waals surface area contributed by atoms with Gasteiger partial charge in [-0.1, -0.05) is 243 Å². The van der Waals surface area contributed by atoms with E-state index >= 15 is 0 Å². The first kappa shape index (κ1) is 57.9. The molecule has 0 aliphatic rings. The monoisotopic (exact) mass is 841 g/mol. The lowest BCUT2D eigenvalue weighted by Crippen LogP contribution is -2.30. The summed E-state index contributed by atoms with van der Waals surface area (Å²) in [5.41, 5.74) is 0. The summed E-state index contributed by atoms with van der Waals surface area (Å²) in [5, 5.41) is 0. The third-order valence-corrected chi connectivity index (χ3v) is 11.4. The number of carbonyl (C=O) groups is 2. The van der Waals surface area contributed by atoms with Crippen LogP contribution in [0.5, 0.6) is 0 Å². The van der Waals surface area contributed by atoms with Crippen molar-refractivity contribution in [3.05, 3.63) is 48.6 Å². The fraction of sp³-hybridized carbons (Fsp3) is 0.818. The van der Waals surface area contributed by atoms with Crippen LogP contribution in [0.25, 0.3) is 0 Å². The molecule has 0 spiro atoms. The van der Waals surface area contributed by atoms with Gasteiger partial charge in [-0.25, -0.2) is 0 Å². The van der Waals surface area contributed by atoms with E-state index in [-0.39, 0.29) is 25.2 Å². The van der Waals surface area contributed by atoms with Crippen molar-refractivity contribution in [2.24, 2.45) is 0 Å². The lowest BCUT2D eigenvalue weighted by molar-refractivity contribution is -0.163. The van der Waals surface area contributed by atoms with Gasteiger partial charge in [-0.15, -0.1) is 0 Å². The molecule has 0 aliphatic heterocycles. The van der Waals surface area contributed by atoms with E-state index in [1.165, 1.54) is 173 Å². The van der Waals surface area contributed by atoms with Crippen LogP contribution in [0.1, 0.15) is 265 Å². The Hall–Kier alpha value is -2.14. The van der Waals surface area contributed by atoms with Gasteiger partial charge in [-0.05, 0) is 57.8 Å². The molecule has 350 valence electrons. The molecule has 0 unspecified atom stereocenters. The summed E-state index contributed by atoms with van der Waals surface area (Å²) in [4.78, 5) is 25.3. The number of carbonyl (C=O) groups excluding carboxylic acids is 2. The van der Waals surface area contributed by atoms with Gasteiger partial charge in [0.2, 0.25) is 0 Å². The zero-order chi connectivity index (χ0) is 43.5. The molecule has 0 aromatic rings. The molecule has 0 radical (unpaired) electrons. The Morgan fingerprint density at radius 3 is 1.17 bits per heavy atom. The van der Waals surface area contributed by atoms with Crippen LogP contribution in [0.4, 0.5) is 0 Å². The summed E-state index contributed by atoms with van der Waals surface area (Å²) in [6, 6.07) is 0. The predicted octanol–water partition coefficient (Wildman–Crippen LogP) is 17.6. The van der Waals surface area contributed by atoms with Gasteiger partial charge in [-0.2, -0.15) is 0 Å². The van der Waals surface area contributed by atoms with Crippen LogP contribution in [0.3, 0.4) is 0 Å². The van der Waals surface area contributed by atoms with Gasteiger partial charge < -0.3 is 14.2 Å². The molecule has 0 aliphatic carbocycles. The highest BCUT2D eigenvalue weighted by Gasteiger charge is 2.17. The van der Waals surface area contributed by atoms with E-state index in [4.69, 9.17) is 14.2 Å². The molecule has 0 saturated heterocycles. The van der Waals surface area contributed by atoms with Crippen LogP contribution in [0.2, 0.25) is 0 Å². The second kappa shape index (κ2) is 51.2. The highest BCUT2D eigenvalue weighted by atomic mass is 16.6. The predicted molar refractivity (Wildman–Crippen MR) is 261 cm³/mol. The first-order chi connectivity index (χ1) is 29.6. The number of rotatable bonds is 48. The number of hydrogen-bond donors (Lipinski definition) is 0. The third kappa shape index (κ3) is 48.5. The van der Waals surface area contributed by atoms with E-state index in [1.54, 1.807) is 0 Å². The van der Waals surface area contributed by atoms with Crippen molar-refractivity contribution in [3.8, 4) is 0 Å².